The van der Waals surface area contributed by atoms with E-state index in [0.29, 0.717) is 36.7 Å². The summed E-state index contributed by atoms with van der Waals surface area (Å²) in [5.74, 6) is 0.602. The fourth-order valence-corrected chi connectivity index (χ4v) is 4.49. The molecule has 0 spiro atoms. The van der Waals surface area contributed by atoms with Gasteiger partial charge in [-0.25, -0.2) is 9.97 Å². The number of fused-ring (bicyclic) bond motifs is 1. The first kappa shape index (κ1) is 18.6. The second-order valence-electron chi connectivity index (χ2n) is 7.75. The summed E-state index contributed by atoms with van der Waals surface area (Å²) in [6, 6.07) is 10.5. The summed E-state index contributed by atoms with van der Waals surface area (Å²) in [7, 11) is 0. The molecule has 4 rings (SSSR count). The molecule has 0 aliphatic carbocycles. The first-order valence-electron chi connectivity index (χ1n) is 10.0. The Morgan fingerprint density at radius 2 is 2.04 bits per heavy atom. The van der Waals surface area contributed by atoms with Gasteiger partial charge >= 0.3 is 0 Å². The third kappa shape index (κ3) is 3.77. The van der Waals surface area contributed by atoms with Gasteiger partial charge in [0.05, 0.1) is 11.3 Å². The molecule has 1 aromatic carbocycles. The number of benzene rings is 1. The second kappa shape index (κ2) is 8.09. The zero-order valence-electron chi connectivity index (χ0n) is 16.3. The molecule has 1 aromatic heterocycles. The Bertz CT molecular complexity index is 855. The monoisotopic (exact) mass is 378 g/mol. The topological polar surface area (TPSA) is 66.4 Å². The third-order valence-electron chi connectivity index (χ3n) is 6.06. The van der Waals surface area contributed by atoms with Crippen LogP contribution in [0.4, 0.5) is 0 Å². The maximum absolute atomic E-state index is 12.9. The van der Waals surface area contributed by atoms with Crippen LogP contribution in [0.1, 0.15) is 40.9 Å². The van der Waals surface area contributed by atoms with Gasteiger partial charge in [-0.15, -0.1) is 0 Å². The maximum Gasteiger partial charge on any atom is 0.257 e. The number of aryl methyl sites for hydroxylation is 1. The van der Waals surface area contributed by atoms with E-state index in [1.54, 1.807) is 6.20 Å². The smallest absolute Gasteiger partial charge is 0.257 e. The van der Waals surface area contributed by atoms with E-state index in [1.165, 1.54) is 11.9 Å². The number of amides is 2. The van der Waals surface area contributed by atoms with Crippen molar-refractivity contribution in [1.82, 2.24) is 19.8 Å². The quantitative estimate of drug-likeness (QED) is 0.820. The van der Waals surface area contributed by atoms with Gasteiger partial charge in [-0.05, 0) is 37.7 Å². The van der Waals surface area contributed by atoms with Gasteiger partial charge in [-0.1, -0.05) is 30.3 Å². The van der Waals surface area contributed by atoms with Crippen LogP contribution in [0.25, 0.3) is 0 Å². The number of hydrogen-bond donors (Lipinski definition) is 0. The Morgan fingerprint density at radius 3 is 2.82 bits per heavy atom. The molecule has 2 fully saturated rings. The van der Waals surface area contributed by atoms with Crippen molar-refractivity contribution in [2.75, 3.05) is 19.6 Å². The van der Waals surface area contributed by atoms with E-state index in [0.717, 1.165) is 25.8 Å². The molecule has 2 aliphatic rings. The van der Waals surface area contributed by atoms with Crippen molar-refractivity contribution in [3.05, 3.63) is 59.7 Å². The van der Waals surface area contributed by atoms with Gasteiger partial charge in [0.25, 0.3) is 5.91 Å². The molecule has 0 unspecified atom stereocenters. The highest BCUT2D eigenvalue weighted by Crippen LogP contribution is 2.32. The van der Waals surface area contributed by atoms with Gasteiger partial charge < -0.3 is 9.80 Å². The minimum absolute atomic E-state index is 0.00397. The summed E-state index contributed by atoms with van der Waals surface area (Å²) in [5.41, 5.74) is 2.55. The van der Waals surface area contributed by atoms with E-state index < -0.39 is 0 Å². The molecule has 2 saturated heterocycles. The van der Waals surface area contributed by atoms with Gasteiger partial charge in [-0.2, -0.15) is 0 Å². The molecular weight excluding hydrogens is 352 g/mol. The van der Waals surface area contributed by atoms with E-state index in [9.17, 15) is 9.59 Å². The Balaban J connectivity index is 1.43. The van der Waals surface area contributed by atoms with Crippen LogP contribution in [0.15, 0.2) is 42.9 Å². The number of carbonyl (C=O) groups excluding carboxylic acids is 2. The molecule has 6 nitrogen and oxygen atoms in total. The Labute approximate surface area is 165 Å². The van der Waals surface area contributed by atoms with Crippen LogP contribution in [0.5, 0.6) is 0 Å². The molecule has 3 heterocycles. The molecule has 2 aromatic rings. The molecule has 0 saturated carbocycles. The average molecular weight is 378 g/mol. The summed E-state index contributed by atoms with van der Waals surface area (Å²) < 4.78 is 0. The zero-order valence-corrected chi connectivity index (χ0v) is 16.3. The van der Waals surface area contributed by atoms with E-state index in [-0.39, 0.29) is 17.9 Å². The normalized spacial score (nSPS) is 22.1. The first-order chi connectivity index (χ1) is 13.6. The van der Waals surface area contributed by atoms with Crippen molar-refractivity contribution in [3.63, 3.8) is 0 Å². The second-order valence-corrected chi connectivity index (χ2v) is 7.75. The highest BCUT2D eigenvalue weighted by atomic mass is 16.2. The molecule has 28 heavy (non-hydrogen) atoms. The van der Waals surface area contributed by atoms with Crippen molar-refractivity contribution in [2.24, 2.45) is 5.92 Å². The van der Waals surface area contributed by atoms with Crippen LogP contribution in [-0.4, -0.2) is 57.3 Å². The van der Waals surface area contributed by atoms with Crippen LogP contribution < -0.4 is 0 Å². The van der Waals surface area contributed by atoms with Crippen LogP contribution in [0.3, 0.4) is 0 Å². The number of aromatic nitrogens is 2. The number of carbonyl (C=O) groups is 2. The molecule has 0 radical (unpaired) electrons. The van der Waals surface area contributed by atoms with Crippen molar-refractivity contribution >= 4 is 11.8 Å². The largest absolute Gasteiger partial charge is 0.339 e. The highest BCUT2D eigenvalue weighted by molar-refractivity contribution is 5.95. The van der Waals surface area contributed by atoms with E-state index >= 15 is 0 Å². The molecule has 146 valence electrons. The lowest BCUT2D eigenvalue weighted by atomic mass is 9.83. The number of nitrogens with zero attached hydrogens (tertiary/aromatic N) is 4. The van der Waals surface area contributed by atoms with Crippen molar-refractivity contribution in [1.29, 1.82) is 0 Å². The van der Waals surface area contributed by atoms with Gasteiger partial charge in [0.2, 0.25) is 5.91 Å². The molecule has 0 N–H and O–H groups in total. The van der Waals surface area contributed by atoms with Crippen LogP contribution in [-0.2, 0) is 11.2 Å². The molecule has 0 bridgehead atoms. The van der Waals surface area contributed by atoms with E-state index in [1.807, 2.05) is 30.0 Å². The van der Waals surface area contributed by atoms with Gasteiger partial charge in [0.1, 0.15) is 6.33 Å². The van der Waals surface area contributed by atoms with Gasteiger partial charge in [0.15, 0.2) is 0 Å². The average Bonchev–Trinajstić information content (AvgIpc) is 2.73. The van der Waals surface area contributed by atoms with Crippen molar-refractivity contribution in [2.45, 2.75) is 38.6 Å². The summed E-state index contributed by atoms with van der Waals surface area (Å²) in [6.45, 7) is 3.96. The molecule has 2 amide bonds. The minimum atomic E-state index is 0.00397. The van der Waals surface area contributed by atoms with E-state index in [4.69, 9.17) is 0 Å². The highest BCUT2D eigenvalue weighted by Gasteiger charge is 2.40. The minimum Gasteiger partial charge on any atom is -0.339 e. The third-order valence-corrected chi connectivity index (χ3v) is 6.06. The number of hydrogen-bond acceptors (Lipinski definition) is 4. The predicted molar refractivity (Wildman–Crippen MR) is 106 cm³/mol. The lowest BCUT2D eigenvalue weighted by molar-refractivity contribution is -0.140. The summed E-state index contributed by atoms with van der Waals surface area (Å²) in [4.78, 5) is 37.6. The molecule has 2 aliphatic heterocycles. The standard InChI is InChI=1S/C22H26N4O2/c1-16-19(13-23-15-24-16)22(28)25-11-10-20-18(14-25)7-8-21(27)26(20)12-9-17-5-3-2-4-6-17/h2-6,13,15,18,20H,7-12,14H2,1H3/t18-,20+/m0/s1. The van der Waals surface area contributed by atoms with Crippen molar-refractivity contribution in [3.8, 4) is 0 Å². The van der Waals surface area contributed by atoms with Crippen LogP contribution in [0.2, 0.25) is 0 Å². The summed E-state index contributed by atoms with van der Waals surface area (Å²) >= 11 is 0. The SMILES string of the molecule is Cc1ncncc1C(=O)N1CC[C@@H]2[C@@H](CCC(=O)N2CCc2ccccc2)C1. The Hall–Kier alpha value is -2.76. The van der Waals surface area contributed by atoms with Gasteiger partial charge in [0, 0.05) is 38.3 Å². The lowest BCUT2D eigenvalue weighted by Gasteiger charge is -2.47. The zero-order chi connectivity index (χ0) is 19.5. The van der Waals surface area contributed by atoms with E-state index in [2.05, 4.69) is 27.0 Å². The predicted octanol–water partition coefficient (Wildman–Crippen LogP) is 2.48. The fourth-order valence-electron chi connectivity index (χ4n) is 4.49. The van der Waals surface area contributed by atoms with Crippen LogP contribution >= 0.6 is 0 Å². The maximum atomic E-state index is 12.9. The molecule has 6 heteroatoms. The Morgan fingerprint density at radius 1 is 1.21 bits per heavy atom. The molecule has 2 atom stereocenters. The summed E-state index contributed by atoms with van der Waals surface area (Å²) in [5, 5.41) is 0. The first-order valence-corrected chi connectivity index (χ1v) is 10.0. The van der Waals surface area contributed by atoms with Gasteiger partial charge in [-0.3, -0.25) is 9.59 Å². The fraction of sp³-hybridized carbons (Fsp3) is 0.455. The number of piperidine rings is 2. The Kier molecular flexibility index (Phi) is 5.37. The van der Waals surface area contributed by atoms with Crippen molar-refractivity contribution < 1.29 is 9.59 Å². The number of likely N-dealkylation sites (tertiary alicyclic amines) is 2. The van der Waals surface area contributed by atoms with Crippen LogP contribution in [0, 0.1) is 12.8 Å². The lowest BCUT2D eigenvalue weighted by Crippen LogP contribution is -2.57. The molecular formula is C22H26N4O2. The summed E-state index contributed by atoms with van der Waals surface area (Å²) in [6.07, 6.45) is 6.22. The number of rotatable bonds is 4.